The maximum atomic E-state index is 7.10. The van der Waals surface area contributed by atoms with E-state index in [1.165, 1.54) is 0 Å². The van der Waals surface area contributed by atoms with Crippen molar-refractivity contribution in [1.29, 1.82) is 0 Å². The number of methoxy groups -OCH3 is 1. The van der Waals surface area contributed by atoms with E-state index < -0.39 is 5.60 Å². The van der Waals surface area contributed by atoms with Crippen LogP contribution in [-0.4, -0.2) is 25.2 Å². The molecule has 0 saturated carbocycles. The molecular weight excluding hydrogens is 446 g/mol. The van der Waals surface area contributed by atoms with Gasteiger partial charge in [0, 0.05) is 0 Å². The van der Waals surface area contributed by atoms with E-state index in [-0.39, 0.29) is 18.1 Å². The molecule has 4 aromatic carbocycles. The molecule has 1 saturated heterocycles. The van der Waals surface area contributed by atoms with E-state index in [0.29, 0.717) is 0 Å². The van der Waals surface area contributed by atoms with Gasteiger partial charge < -0.3 is 14.2 Å². The molecule has 0 bridgehead atoms. The van der Waals surface area contributed by atoms with Gasteiger partial charge in [0.15, 0.2) is 5.90 Å². The van der Waals surface area contributed by atoms with Crippen molar-refractivity contribution in [3.8, 4) is 5.75 Å². The second-order valence-electron chi connectivity index (χ2n) is 9.12. The van der Waals surface area contributed by atoms with E-state index >= 15 is 0 Å². The lowest BCUT2D eigenvalue weighted by atomic mass is 9.79. The Labute approximate surface area is 213 Å². The first kappa shape index (κ1) is 23.8. The Morgan fingerprint density at radius 2 is 1.19 bits per heavy atom. The number of ether oxygens (including phenoxy) is 3. The molecule has 3 atom stereocenters. The van der Waals surface area contributed by atoms with Crippen LogP contribution in [0.15, 0.2) is 120 Å². The second kappa shape index (κ2) is 10.4. The number of aliphatic imine (C=N–C) groups is 1. The number of hydrogen-bond donors (Lipinski definition) is 0. The average molecular weight is 478 g/mol. The lowest BCUT2D eigenvalue weighted by molar-refractivity contribution is -0.120. The fourth-order valence-electron chi connectivity index (χ4n) is 4.90. The largest absolute Gasteiger partial charge is 0.497 e. The molecular formula is C32H31NO3. The van der Waals surface area contributed by atoms with Gasteiger partial charge in [-0.25, -0.2) is 4.99 Å². The molecule has 0 aliphatic carbocycles. The van der Waals surface area contributed by atoms with Gasteiger partial charge in [0.1, 0.15) is 17.5 Å². The van der Waals surface area contributed by atoms with Crippen LogP contribution in [-0.2, 0) is 15.1 Å². The highest BCUT2D eigenvalue weighted by molar-refractivity contribution is 5.86. The van der Waals surface area contributed by atoms with Gasteiger partial charge in [0.25, 0.3) is 0 Å². The standard InChI is InChI=1S/C32H31NO3/c1-23-30(35-31(23)33-28-19-21-29(34-3)22-20-28)24(2)36-32(25-13-7-4-8-14-25,26-15-9-5-10-16-26)27-17-11-6-12-18-27/h4-24,30H,1-3H3/t23-,24-,30-/m0/s1. The summed E-state index contributed by atoms with van der Waals surface area (Å²) in [6.45, 7) is 4.24. The fraction of sp³-hybridized carbons (Fsp3) is 0.219. The third kappa shape index (κ3) is 4.52. The van der Waals surface area contributed by atoms with Crippen molar-refractivity contribution < 1.29 is 14.2 Å². The molecule has 182 valence electrons. The van der Waals surface area contributed by atoms with E-state index in [9.17, 15) is 0 Å². The summed E-state index contributed by atoms with van der Waals surface area (Å²) in [6.07, 6.45) is -0.312. The minimum atomic E-state index is -0.783. The van der Waals surface area contributed by atoms with Gasteiger partial charge in [-0.15, -0.1) is 0 Å². The van der Waals surface area contributed by atoms with E-state index in [2.05, 4.69) is 86.6 Å². The second-order valence-corrected chi connectivity index (χ2v) is 9.12. The van der Waals surface area contributed by atoms with E-state index in [1.54, 1.807) is 7.11 Å². The molecule has 5 rings (SSSR count). The summed E-state index contributed by atoms with van der Waals surface area (Å²) >= 11 is 0. The van der Waals surface area contributed by atoms with E-state index in [0.717, 1.165) is 34.0 Å². The fourth-order valence-corrected chi connectivity index (χ4v) is 4.90. The van der Waals surface area contributed by atoms with Gasteiger partial charge in [-0.2, -0.15) is 0 Å². The van der Waals surface area contributed by atoms with Gasteiger partial charge in [-0.1, -0.05) is 97.9 Å². The Morgan fingerprint density at radius 3 is 1.61 bits per heavy atom. The summed E-state index contributed by atoms with van der Waals surface area (Å²) < 4.78 is 18.6. The van der Waals surface area contributed by atoms with Gasteiger partial charge in [0.05, 0.1) is 24.8 Å². The highest BCUT2D eigenvalue weighted by Gasteiger charge is 2.46. The Balaban J connectivity index is 1.47. The molecule has 4 heteroatoms. The number of rotatable bonds is 8. The van der Waals surface area contributed by atoms with Crippen LogP contribution < -0.4 is 4.74 Å². The van der Waals surface area contributed by atoms with Crippen molar-refractivity contribution in [2.24, 2.45) is 10.9 Å². The molecule has 0 aromatic heterocycles. The zero-order valence-corrected chi connectivity index (χ0v) is 20.9. The predicted molar refractivity (Wildman–Crippen MR) is 144 cm³/mol. The predicted octanol–water partition coefficient (Wildman–Crippen LogP) is 7.16. The minimum Gasteiger partial charge on any atom is -0.497 e. The molecule has 36 heavy (non-hydrogen) atoms. The number of nitrogens with zero attached hydrogens (tertiary/aromatic N) is 1. The average Bonchev–Trinajstić information content (AvgIpc) is 2.95. The van der Waals surface area contributed by atoms with Crippen LogP contribution in [0.1, 0.15) is 30.5 Å². The Morgan fingerprint density at radius 1 is 0.722 bits per heavy atom. The molecule has 0 radical (unpaired) electrons. The third-order valence-electron chi connectivity index (χ3n) is 6.82. The molecule has 0 unspecified atom stereocenters. The van der Waals surface area contributed by atoms with Crippen molar-refractivity contribution in [1.82, 2.24) is 0 Å². The van der Waals surface area contributed by atoms with Crippen LogP contribution in [0.2, 0.25) is 0 Å². The summed E-state index contributed by atoms with van der Waals surface area (Å²) in [6, 6.07) is 38.9. The van der Waals surface area contributed by atoms with Gasteiger partial charge in [-0.05, 0) is 47.9 Å². The summed E-state index contributed by atoms with van der Waals surface area (Å²) in [4.78, 5) is 4.71. The summed E-state index contributed by atoms with van der Waals surface area (Å²) in [5, 5.41) is 0. The molecule has 0 amide bonds. The normalized spacial score (nSPS) is 19.2. The first-order chi connectivity index (χ1) is 17.6. The Bertz CT molecular complexity index is 1190. The first-order valence-corrected chi connectivity index (χ1v) is 12.4. The van der Waals surface area contributed by atoms with Gasteiger partial charge >= 0.3 is 0 Å². The van der Waals surface area contributed by atoms with Crippen molar-refractivity contribution in [2.45, 2.75) is 31.7 Å². The summed E-state index contributed by atoms with van der Waals surface area (Å²) in [5.74, 6) is 1.66. The molecule has 0 spiro atoms. The zero-order valence-electron chi connectivity index (χ0n) is 20.9. The molecule has 0 N–H and O–H groups in total. The maximum Gasteiger partial charge on any atom is 0.195 e. The smallest absolute Gasteiger partial charge is 0.195 e. The SMILES string of the molecule is COc1ccc(N=C2O[C@H]([C@H](C)OC(c3ccccc3)(c3ccccc3)c3ccccc3)[C@@H]2C)cc1. The molecule has 4 nitrogen and oxygen atoms in total. The van der Waals surface area contributed by atoms with Crippen LogP contribution in [0.5, 0.6) is 5.75 Å². The summed E-state index contributed by atoms with van der Waals surface area (Å²) in [7, 11) is 1.66. The Kier molecular flexibility index (Phi) is 6.88. The maximum absolute atomic E-state index is 7.10. The lowest BCUT2D eigenvalue weighted by Gasteiger charge is -2.45. The van der Waals surface area contributed by atoms with Gasteiger partial charge in [0.2, 0.25) is 0 Å². The van der Waals surface area contributed by atoms with Crippen molar-refractivity contribution in [3.05, 3.63) is 132 Å². The van der Waals surface area contributed by atoms with Crippen LogP contribution in [0, 0.1) is 5.92 Å². The van der Waals surface area contributed by atoms with E-state index in [1.807, 2.05) is 42.5 Å². The quantitative estimate of drug-likeness (QED) is 0.253. The lowest BCUT2D eigenvalue weighted by Crippen LogP contribution is -2.52. The topological polar surface area (TPSA) is 40.0 Å². The molecule has 1 aliphatic heterocycles. The van der Waals surface area contributed by atoms with Crippen LogP contribution >= 0.6 is 0 Å². The van der Waals surface area contributed by atoms with Crippen LogP contribution in [0.4, 0.5) is 5.69 Å². The Hall–Kier alpha value is -3.89. The highest BCUT2D eigenvalue weighted by atomic mass is 16.6. The zero-order chi connectivity index (χ0) is 25.0. The molecule has 1 fully saturated rings. The summed E-state index contributed by atoms with van der Waals surface area (Å²) in [5.41, 5.74) is 3.29. The van der Waals surface area contributed by atoms with Crippen LogP contribution in [0.25, 0.3) is 0 Å². The molecule has 4 aromatic rings. The third-order valence-corrected chi connectivity index (χ3v) is 6.82. The van der Waals surface area contributed by atoms with Gasteiger partial charge in [-0.3, -0.25) is 0 Å². The first-order valence-electron chi connectivity index (χ1n) is 12.4. The number of benzene rings is 4. The number of hydrogen-bond acceptors (Lipinski definition) is 4. The van der Waals surface area contributed by atoms with E-state index in [4.69, 9.17) is 19.2 Å². The van der Waals surface area contributed by atoms with Crippen molar-refractivity contribution in [2.75, 3.05) is 7.11 Å². The van der Waals surface area contributed by atoms with Crippen molar-refractivity contribution >= 4 is 11.6 Å². The minimum absolute atomic E-state index is 0.113. The van der Waals surface area contributed by atoms with Crippen LogP contribution in [0.3, 0.4) is 0 Å². The molecule has 1 heterocycles. The van der Waals surface area contributed by atoms with Crippen molar-refractivity contribution in [3.63, 3.8) is 0 Å². The monoisotopic (exact) mass is 477 g/mol. The highest BCUT2D eigenvalue weighted by Crippen LogP contribution is 2.43. The molecule has 1 aliphatic rings.